The summed E-state index contributed by atoms with van der Waals surface area (Å²) < 4.78 is 3.32. The zero-order valence-electron chi connectivity index (χ0n) is 20.5. The van der Waals surface area contributed by atoms with Gasteiger partial charge in [0.25, 0.3) is 0 Å². The Bertz CT molecular complexity index is 1580. The van der Waals surface area contributed by atoms with Gasteiger partial charge in [-0.25, -0.2) is 9.36 Å². The molecule has 4 aromatic heterocycles. The Kier molecular flexibility index (Phi) is 8.92. The minimum Gasteiger partial charge on any atom is -0.264 e. The van der Waals surface area contributed by atoms with E-state index in [9.17, 15) is 0 Å². The molecule has 4 heterocycles. The average molecular weight is 612 g/mol. The number of halogens is 4. The second-order valence-corrected chi connectivity index (χ2v) is 9.82. The summed E-state index contributed by atoms with van der Waals surface area (Å²) in [5.74, 6) is 1.14. The van der Waals surface area contributed by atoms with Crippen molar-refractivity contribution in [3.63, 3.8) is 0 Å². The van der Waals surface area contributed by atoms with Crippen molar-refractivity contribution < 1.29 is 0 Å². The van der Waals surface area contributed by atoms with Crippen molar-refractivity contribution in [2.45, 2.75) is 13.1 Å². The maximum absolute atomic E-state index is 6.21. The van der Waals surface area contributed by atoms with E-state index in [-0.39, 0.29) is 0 Å². The molecule has 0 aliphatic rings. The van der Waals surface area contributed by atoms with Crippen molar-refractivity contribution >= 4 is 46.4 Å². The third kappa shape index (κ3) is 6.43. The molecule has 0 amide bonds. The van der Waals surface area contributed by atoms with Gasteiger partial charge < -0.3 is 0 Å². The van der Waals surface area contributed by atoms with Gasteiger partial charge in [-0.05, 0) is 68.4 Å². The lowest BCUT2D eigenvalue weighted by Gasteiger charge is -2.06. The van der Waals surface area contributed by atoms with Gasteiger partial charge in [0.15, 0.2) is 11.6 Å². The van der Waals surface area contributed by atoms with Crippen molar-refractivity contribution in [1.29, 1.82) is 0 Å². The number of tetrazole rings is 2. The summed E-state index contributed by atoms with van der Waals surface area (Å²) in [6, 6.07) is 18.4. The largest absolute Gasteiger partial charge is 0.264 e. The lowest BCUT2D eigenvalue weighted by molar-refractivity contribution is 0.652. The number of nitrogens with zero attached hydrogens (tertiary/aromatic N) is 10. The predicted octanol–water partition coefficient (Wildman–Crippen LogP) is 6.18. The van der Waals surface area contributed by atoms with Crippen LogP contribution in [0.4, 0.5) is 0 Å². The standard InChI is InChI=1S/2C13H9Cl2N5/c2*14-11-5-1-4-10(12(11)15)13-17-18-19-20(13)8-9-3-2-6-16-7-9/h2*1-7H,8H2. The summed E-state index contributed by atoms with van der Waals surface area (Å²) in [6.07, 6.45) is 6.98. The van der Waals surface area contributed by atoms with Crippen LogP contribution in [0.5, 0.6) is 0 Å². The highest BCUT2D eigenvalue weighted by Gasteiger charge is 2.15. The van der Waals surface area contributed by atoms with E-state index in [0.29, 0.717) is 56.0 Å². The molecule has 6 aromatic rings. The molecule has 200 valence electrons. The summed E-state index contributed by atoms with van der Waals surface area (Å²) in [5.41, 5.74) is 3.40. The zero-order chi connectivity index (χ0) is 27.9. The van der Waals surface area contributed by atoms with E-state index in [1.54, 1.807) is 46.3 Å². The molecule has 0 atom stereocenters. The number of rotatable bonds is 6. The molecule has 6 rings (SSSR count). The number of hydrogen-bond acceptors (Lipinski definition) is 8. The minimum atomic E-state index is 0.441. The second kappa shape index (κ2) is 12.9. The van der Waals surface area contributed by atoms with Crippen molar-refractivity contribution in [1.82, 2.24) is 50.4 Å². The summed E-state index contributed by atoms with van der Waals surface area (Å²) >= 11 is 24.5. The molecular weight excluding hydrogens is 594 g/mol. The van der Waals surface area contributed by atoms with Gasteiger partial charge in [0.1, 0.15) is 0 Å². The lowest BCUT2D eigenvalue weighted by atomic mass is 10.2. The van der Waals surface area contributed by atoms with Gasteiger partial charge in [-0.2, -0.15) is 0 Å². The first-order valence-electron chi connectivity index (χ1n) is 11.7. The van der Waals surface area contributed by atoms with Gasteiger partial charge >= 0.3 is 0 Å². The van der Waals surface area contributed by atoms with Crippen LogP contribution >= 0.6 is 46.4 Å². The van der Waals surface area contributed by atoms with E-state index in [1.165, 1.54) is 0 Å². The molecule has 0 aliphatic heterocycles. The Labute approximate surface area is 248 Å². The van der Waals surface area contributed by atoms with Crippen molar-refractivity contribution in [2.75, 3.05) is 0 Å². The van der Waals surface area contributed by atoms with Crippen molar-refractivity contribution in [3.05, 3.63) is 117 Å². The highest BCUT2D eigenvalue weighted by Crippen LogP contribution is 2.33. The molecule has 0 saturated heterocycles. The van der Waals surface area contributed by atoms with E-state index in [4.69, 9.17) is 46.4 Å². The first-order valence-corrected chi connectivity index (χ1v) is 13.2. The van der Waals surface area contributed by atoms with E-state index in [0.717, 1.165) is 11.1 Å². The topological polar surface area (TPSA) is 113 Å². The Balaban J connectivity index is 0.000000161. The predicted molar refractivity (Wildman–Crippen MR) is 153 cm³/mol. The number of benzene rings is 2. The minimum absolute atomic E-state index is 0.441. The van der Waals surface area contributed by atoms with Gasteiger partial charge in [-0.1, -0.05) is 70.7 Å². The molecule has 10 nitrogen and oxygen atoms in total. The van der Waals surface area contributed by atoms with E-state index < -0.39 is 0 Å². The van der Waals surface area contributed by atoms with Crippen LogP contribution in [0.3, 0.4) is 0 Å². The van der Waals surface area contributed by atoms with Gasteiger partial charge in [-0.15, -0.1) is 10.2 Å². The van der Waals surface area contributed by atoms with Crippen LogP contribution in [-0.2, 0) is 13.1 Å². The molecule has 0 saturated carbocycles. The van der Waals surface area contributed by atoms with Crippen molar-refractivity contribution in [2.24, 2.45) is 0 Å². The summed E-state index contributed by atoms with van der Waals surface area (Å²) in [5, 5.41) is 25.3. The molecule has 40 heavy (non-hydrogen) atoms. The lowest BCUT2D eigenvalue weighted by Crippen LogP contribution is -2.05. The van der Waals surface area contributed by atoms with Gasteiger partial charge in [-0.3, -0.25) is 9.97 Å². The molecule has 0 spiro atoms. The number of aromatic nitrogens is 10. The van der Waals surface area contributed by atoms with E-state index >= 15 is 0 Å². The van der Waals surface area contributed by atoms with Crippen LogP contribution in [0.25, 0.3) is 22.8 Å². The first-order chi connectivity index (χ1) is 19.5. The average Bonchev–Trinajstić information content (AvgIpc) is 3.63. The SMILES string of the molecule is Clc1cccc(-c2nnnn2Cc2cccnc2)c1Cl.Clc1cccc(-c2nnnn2Cc2cccnc2)c1Cl. The molecule has 2 aromatic carbocycles. The molecule has 0 radical (unpaired) electrons. The quantitative estimate of drug-likeness (QED) is 0.219. The highest BCUT2D eigenvalue weighted by molar-refractivity contribution is 6.44. The van der Waals surface area contributed by atoms with Crippen LogP contribution in [0.1, 0.15) is 11.1 Å². The molecular formula is C26H18Cl4N10. The maximum atomic E-state index is 6.21. The normalized spacial score (nSPS) is 10.7. The van der Waals surface area contributed by atoms with Crippen LogP contribution in [0.2, 0.25) is 20.1 Å². The van der Waals surface area contributed by atoms with Gasteiger partial charge in [0.2, 0.25) is 0 Å². The molecule has 14 heteroatoms. The van der Waals surface area contributed by atoms with Gasteiger partial charge in [0, 0.05) is 35.9 Å². The van der Waals surface area contributed by atoms with E-state index in [2.05, 4.69) is 41.0 Å². The Morgan fingerprint density at radius 2 is 1.00 bits per heavy atom. The Hall–Kier alpha value is -3.96. The van der Waals surface area contributed by atoms with Gasteiger partial charge in [0.05, 0.1) is 33.2 Å². The second-order valence-electron chi connectivity index (χ2n) is 8.25. The highest BCUT2D eigenvalue weighted by atomic mass is 35.5. The molecule has 0 bridgehead atoms. The molecule has 0 aliphatic carbocycles. The fourth-order valence-corrected chi connectivity index (χ4v) is 4.46. The molecule has 0 unspecified atom stereocenters. The number of pyridine rings is 2. The van der Waals surface area contributed by atoms with Crippen molar-refractivity contribution in [3.8, 4) is 22.8 Å². The summed E-state index contributed by atoms with van der Waals surface area (Å²) in [7, 11) is 0. The fraction of sp³-hybridized carbons (Fsp3) is 0.0769. The molecule has 0 N–H and O–H groups in total. The van der Waals surface area contributed by atoms with Crippen LogP contribution < -0.4 is 0 Å². The van der Waals surface area contributed by atoms with Crippen LogP contribution in [0.15, 0.2) is 85.5 Å². The summed E-state index contributed by atoms with van der Waals surface area (Å²) in [4.78, 5) is 8.14. The third-order valence-corrected chi connectivity index (χ3v) is 7.20. The molecule has 0 fully saturated rings. The fourth-order valence-electron chi connectivity index (χ4n) is 3.69. The monoisotopic (exact) mass is 610 g/mol. The smallest absolute Gasteiger partial charge is 0.183 e. The third-order valence-electron chi connectivity index (χ3n) is 5.56. The maximum Gasteiger partial charge on any atom is 0.183 e. The van der Waals surface area contributed by atoms with Crippen LogP contribution in [0, 0.1) is 0 Å². The van der Waals surface area contributed by atoms with E-state index in [1.807, 2.05) is 48.5 Å². The zero-order valence-corrected chi connectivity index (χ0v) is 23.5. The Morgan fingerprint density at radius 1 is 0.550 bits per heavy atom. The summed E-state index contributed by atoms with van der Waals surface area (Å²) in [6.45, 7) is 1.03. The van der Waals surface area contributed by atoms with Crippen LogP contribution in [-0.4, -0.2) is 50.4 Å². The first kappa shape index (κ1) is 27.6. The number of hydrogen-bond donors (Lipinski definition) is 0. The Morgan fingerprint density at radius 3 is 1.40 bits per heavy atom.